The molecule has 250 valence electrons. The molecule has 1 saturated heterocycles. The van der Waals surface area contributed by atoms with E-state index in [1.54, 1.807) is 0 Å². The van der Waals surface area contributed by atoms with E-state index in [1.165, 1.54) is 154 Å². The van der Waals surface area contributed by atoms with E-state index < -0.39 is 0 Å². The Morgan fingerprint density at radius 1 is 0.524 bits per heavy atom. The lowest BCUT2D eigenvalue weighted by atomic mass is 9.90. The molecular formula is C38H76N2O2. The van der Waals surface area contributed by atoms with Crippen LogP contribution in [0.25, 0.3) is 0 Å². The third-order valence-corrected chi connectivity index (χ3v) is 9.70. The fourth-order valence-corrected chi connectivity index (χ4v) is 6.67. The number of carbonyl (C=O) groups is 1. The summed E-state index contributed by atoms with van der Waals surface area (Å²) in [6, 6.07) is 0. The molecule has 0 N–H and O–H groups in total. The Morgan fingerprint density at radius 3 is 1.33 bits per heavy atom. The predicted octanol–water partition coefficient (Wildman–Crippen LogP) is 11.0. The van der Waals surface area contributed by atoms with Gasteiger partial charge < -0.3 is 9.64 Å². The van der Waals surface area contributed by atoms with E-state index in [-0.39, 0.29) is 12.1 Å². The van der Waals surface area contributed by atoms with Crippen LogP contribution in [0.5, 0.6) is 0 Å². The maximum absolute atomic E-state index is 12.8. The van der Waals surface area contributed by atoms with E-state index in [0.717, 1.165) is 44.9 Å². The fraction of sp³-hybridized carbons (Fsp3) is 0.974. The predicted molar refractivity (Wildman–Crippen MR) is 184 cm³/mol. The Labute approximate surface area is 264 Å². The lowest BCUT2D eigenvalue weighted by Gasteiger charge is -2.32. The van der Waals surface area contributed by atoms with Crippen molar-refractivity contribution in [1.29, 1.82) is 0 Å². The highest BCUT2D eigenvalue weighted by Gasteiger charge is 2.20. The molecule has 0 aromatic carbocycles. The first-order chi connectivity index (χ1) is 20.6. The molecule has 1 atom stereocenters. The summed E-state index contributed by atoms with van der Waals surface area (Å²) in [5.41, 5.74) is 0. The SMILES string of the molecule is CCCCCCCCCC(CCCCCCCCCCC(CCCCC)CCCCC)OC(=O)CN1CCN(C)CC1. The number of esters is 1. The van der Waals surface area contributed by atoms with Crippen LogP contribution in [-0.2, 0) is 9.53 Å². The molecule has 1 fully saturated rings. The van der Waals surface area contributed by atoms with Crippen LogP contribution in [0.4, 0.5) is 0 Å². The molecule has 0 bridgehead atoms. The second-order valence-electron chi connectivity index (χ2n) is 13.9. The zero-order valence-electron chi connectivity index (χ0n) is 29.3. The van der Waals surface area contributed by atoms with Gasteiger partial charge >= 0.3 is 5.97 Å². The van der Waals surface area contributed by atoms with Crippen molar-refractivity contribution in [2.75, 3.05) is 39.8 Å². The molecule has 1 aliphatic rings. The molecule has 1 heterocycles. The van der Waals surface area contributed by atoms with Crippen LogP contribution in [0.1, 0.15) is 188 Å². The number of nitrogens with zero attached hydrogens (tertiary/aromatic N) is 2. The van der Waals surface area contributed by atoms with Gasteiger partial charge in [-0.25, -0.2) is 0 Å². The van der Waals surface area contributed by atoms with Gasteiger partial charge in [-0.05, 0) is 38.6 Å². The first kappa shape index (κ1) is 39.4. The molecule has 1 aliphatic heterocycles. The molecule has 0 spiro atoms. The van der Waals surface area contributed by atoms with Gasteiger partial charge in [-0.15, -0.1) is 0 Å². The number of unbranched alkanes of at least 4 members (excludes halogenated alkanes) is 17. The topological polar surface area (TPSA) is 32.8 Å². The van der Waals surface area contributed by atoms with Crippen molar-refractivity contribution in [3.05, 3.63) is 0 Å². The molecule has 4 nitrogen and oxygen atoms in total. The zero-order chi connectivity index (χ0) is 30.5. The second kappa shape index (κ2) is 29.1. The van der Waals surface area contributed by atoms with Crippen molar-refractivity contribution in [2.24, 2.45) is 5.92 Å². The van der Waals surface area contributed by atoms with Crippen molar-refractivity contribution in [3.8, 4) is 0 Å². The minimum Gasteiger partial charge on any atom is -0.461 e. The maximum Gasteiger partial charge on any atom is 0.320 e. The van der Waals surface area contributed by atoms with Gasteiger partial charge in [-0.3, -0.25) is 9.69 Å². The monoisotopic (exact) mass is 593 g/mol. The fourth-order valence-electron chi connectivity index (χ4n) is 6.67. The summed E-state index contributed by atoms with van der Waals surface area (Å²) in [6.45, 7) is 11.5. The number of rotatable bonds is 30. The molecule has 0 amide bonds. The Balaban J connectivity index is 2.21. The summed E-state index contributed by atoms with van der Waals surface area (Å²) in [7, 11) is 2.16. The number of hydrogen-bond acceptors (Lipinski definition) is 4. The smallest absolute Gasteiger partial charge is 0.320 e. The van der Waals surface area contributed by atoms with Gasteiger partial charge in [0.05, 0.1) is 6.54 Å². The van der Waals surface area contributed by atoms with Gasteiger partial charge in [0.15, 0.2) is 0 Å². The summed E-state index contributed by atoms with van der Waals surface area (Å²) in [6.07, 6.45) is 35.3. The summed E-state index contributed by atoms with van der Waals surface area (Å²) in [5, 5.41) is 0. The zero-order valence-corrected chi connectivity index (χ0v) is 29.3. The highest BCUT2D eigenvalue weighted by molar-refractivity contribution is 5.71. The van der Waals surface area contributed by atoms with Crippen LogP contribution in [0, 0.1) is 5.92 Å². The van der Waals surface area contributed by atoms with Gasteiger partial charge in [-0.1, -0.05) is 162 Å². The van der Waals surface area contributed by atoms with E-state index >= 15 is 0 Å². The molecule has 1 unspecified atom stereocenters. The van der Waals surface area contributed by atoms with Crippen LogP contribution < -0.4 is 0 Å². The van der Waals surface area contributed by atoms with Crippen molar-refractivity contribution < 1.29 is 9.53 Å². The summed E-state index contributed by atoms with van der Waals surface area (Å²) >= 11 is 0. The Kier molecular flexibility index (Phi) is 27.3. The number of likely N-dealkylation sites (N-methyl/N-ethyl adjacent to an activating group) is 1. The molecule has 0 radical (unpaired) electrons. The van der Waals surface area contributed by atoms with E-state index in [9.17, 15) is 4.79 Å². The third kappa shape index (κ3) is 23.8. The average Bonchev–Trinajstić information content (AvgIpc) is 2.98. The minimum absolute atomic E-state index is 0.00506. The van der Waals surface area contributed by atoms with Gasteiger partial charge in [0.25, 0.3) is 0 Å². The molecule has 0 aliphatic carbocycles. The first-order valence-corrected chi connectivity index (χ1v) is 19.2. The number of carbonyl (C=O) groups excluding carboxylic acids is 1. The van der Waals surface area contributed by atoms with Gasteiger partial charge in [0.1, 0.15) is 6.10 Å². The van der Waals surface area contributed by atoms with E-state index in [2.05, 4.69) is 37.6 Å². The number of hydrogen-bond donors (Lipinski definition) is 0. The Hall–Kier alpha value is -0.610. The maximum atomic E-state index is 12.8. The second-order valence-corrected chi connectivity index (χ2v) is 13.9. The van der Waals surface area contributed by atoms with Gasteiger partial charge in [-0.2, -0.15) is 0 Å². The molecule has 0 saturated carbocycles. The highest BCUT2D eigenvalue weighted by atomic mass is 16.5. The van der Waals surface area contributed by atoms with Crippen LogP contribution in [0.3, 0.4) is 0 Å². The van der Waals surface area contributed by atoms with Crippen LogP contribution in [0.15, 0.2) is 0 Å². The van der Waals surface area contributed by atoms with Crippen LogP contribution >= 0.6 is 0 Å². The molecule has 4 heteroatoms. The summed E-state index contributed by atoms with van der Waals surface area (Å²) in [5.74, 6) is 0.998. The van der Waals surface area contributed by atoms with E-state index in [0.29, 0.717) is 6.54 Å². The Bertz CT molecular complexity index is 565. The van der Waals surface area contributed by atoms with Crippen molar-refractivity contribution in [1.82, 2.24) is 9.80 Å². The standard InChI is InChI=1S/C38H76N2O2/c1-5-8-11-12-15-19-24-29-37(42-38(41)35-40-33-31-39(4)32-34-40)30-25-20-17-14-13-16-18-23-28-36(26-21-9-6-2)27-22-10-7-3/h36-37H,5-35H2,1-4H3. The third-order valence-electron chi connectivity index (χ3n) is 9.70. The van der Waals surface area contributed by atoms with Gasteiger partial charge in [0.2, 0.25) is 0 Å². The van der Waals surface area contributed by atoms with Crippen LogP contribution in [-0.4, -0.2) is 61.6 Å². The van der Waals surface area contributed by atoms with Crippen molar-refractivity contribution >= 4 is 5.97 Å². The molecule has 42 heavy (non-hydrogen) atoms. The first-order valence-electron chi connectivity index (χ1n) is 19.2. The molecule has 0 aromatic heterocycles. The molecular weight excluding hydrogens is 516 g/mol. The van der Waals surface area contributed by atoms with E-state index in [1.807, 2.05) is 0 Å². The highest BCUT2D eigenvalue weighted by Crippen LogP contribution is 2.24. The number of piperazine rings is 1. The van der Waals surface area contributed by atoms with Crippen molar-refractivity contribution in [3.63, 3.8) is 0 Å². The number of ether oxygens (including phenoxy) is 1. The average molecular weight is 593 g/mol. The van der Waals surface area contributed by atoms with Gasteiger partial charge in [0, 0.05) is 26.2 Å². The minimum atomic E-state index is 0.00506. The lowest BCUT2D eigenvalue weighted by molar-refractivity contribution is -0.151. The summed E-state index contributed by atoms with van der Waals surface area (Å²) < 4.78 is 6.08. The lowest BCUT2D eigenvalue weighted by Crippen LogP contribution is -2.46. The molecule has 1 rings (SSSR count). The van der Waals surface area contributed by atoms with E-state index in [4.69, 9.17) is 4.74 Å². The largest absolute Gasteiger partial charge is 0.461 e. The normalized spacial score (nSPS) is 15.5. The quantitative estimate of drug-likeness (QED) is 0.0613. The van der Waals surface area contributed by atoms with Crippen molar-refractivity contribution in [2.45, 2.75) is 194 Å². The van der Waals surface area contributed by atoms with Crippen LogP contribution in [0.2, 0.25) is 0 Å². The molecule has 0 aromatic rings. The summed E-state index contributed by atoms with van der Waals surface area (Å²) in [4.78, 5) is 17.4. The Morgan fingerprint density at radius 2 is 0.881 bits per heavy atom.